The van der Waals surface area contributed by atoms with E-state index in [-0.39, 0.29) is 29.8 Å². The number of carbonyl (C=O) groups excluding carboxylic acids is 1. The van der Waals surface area contributed by atoms with Crippen molar-refractivity contribution >= 4 is 5.91 Å². The summed E-state index contributed by atoms with van der Waals surface area (Å²) in [6, 6.07) is 16.8. The molecule has 0 radical (unpaired) electrons. The zero-order chi connectivity index (χ0) is 22.9. The fraction of sp³-hybridized carbons (Fsp3) is 0.160. The van der Waals surface area contributed by atoms with Gasteiger partial charge >= 0.3 is 0 Å². The molecule has 0 saturated carbocycles. The van der Waals surface area contributed by atoms with E-state index < -0.39 is 0 Å². The van der Waals surface area contributed by atoms with Gasteiger partial charge in [0.25, 0.3) is 0 Å². The molecule has 0 spiro atoms. The monoisotopic (exact) mass is 446 g/mol. The van der Waals surface area contributed by atoms with Gasteiger partial charge in [-0.25, -0.2) is 18.4 Å². The third kappa shape index (κ3) is 4.32. The second-order valence-electron chi connectivity index (χ2n) is 7.95. The summed E-state index contributed by atoms with van der Waals surface area (Å²) in [5.41, 5.74) is 3.25. The highest BCUT2D eigenvalue weighted by Gasteiger charge is 2.23. The molecule has 6 nitrogen and oxygen atoms in total. The quantitative estimate of drug-likeness (QED) is 0.511. The average Bonchev–Trinajstić information content (AvgIpc) is 3.23. The van der Waals surface area contributed by atoms with Crippen LogP contribution in [0.4, 0.5) is 8.78 Å². The maximum absolute atomic E-state index is 13.5. The average molecular weight is 446 g/mol. The molecule has 0 aliphatic carbocycles. The fourth-order valence-corrected chi connectivity index (χ4v) is 3.97. The molecule has 33 heavy (non-hydrogen) atoms. The van der Waals surface area contributed by atoms with Crippen molar-refractivity contribution in [1.82, 2.24) is 19.7 Å². The maximum Gasteiger partial charge on any atom is 0.244 e. The summed E-state index contributed by atoms with van der Waals surface area (Å²) in [6.07, 6.45) is 0.651. The lowest BCUT2D eigenvalue weighted by molar-refractivity contribution is -0.132. The van der Waals surface area contributed by atoms with E-state index in [1.165, 1.54) is 28.9 Å². The molecule has 5 rings (SSSR count). The van der Waals surface area contributed by atoms with E-state index in [0.29, 0.717) is 42.3 Å². The molecule has 0 bridgehead atoms. The van der Waals surface area contributed by atoms with Crippen LogP contribution in [0.25, 0.3) is 22.8 Å². The van der Waals surface area contributed by atoms with Gasteiger partial charge in [0.1, 0.15) is 23.9 Å². The van der Waals surface area contributed by atoms with Crippen molar-refractivity contribution in [2.75, 3.05) is 6.54 Å². The number of phenolic OH excluding ortho intramolecular Hbond substituents is 1. The Morgan fingerprint density at radius 1 is 0.909 bits per heavy atom. The van der Waals surface area contributed by atoms with E-state index in [0.717, 1.165) is 11.1 Å². The van der Waals surface area contributed by atoms with E-state index in [9.17, 15) is 18.7 Å². The number of rotatable bonds is 4. The van der Waals surface area contributed by atoms with Crippen molar-refractivity contribution in [2.45, 2.75) is 19.5 Å². The van der Waals surface area contributed by atoms with Gasteiger partial charge in [-0.1, -0.05) is 6.07 Å². The van der Waals surface area contributed by atoms with Crippen LogP contribution in [0, 0.1) is 11.6 Å². The zero-order valence-electron chi connectivity index (χ0n) is 17.6. The number of carbonyl (C=O) groups is 1. The van der Waals surface area contributed by atoms with E-state index in [2.05, 4.69) is 10.1 Å². The molecule has 166 valence electrons. The lowest BCUT2D eigenvalue weighted by Gasteiger charge is -2.29. The maximum atomic E-state index is 13.5. The Morgan fingerprint density at radius 2 is 1.58 bits per heavy atom. The van der Waals surface area contributed by atoms with E-state index in [1.54, 1.807) is 41.3 Å². The largest absolute Gasteiger partial charge is 0.508 e. The van der Waals surface area contributed by atoms with Crippen molar-refractivity contribution in [3.05, 3.63) is 89.5 Å². The van der Waals surface area contributed by atoms with E-state index in [1.807, 2.05) is 6.07 Å². The Labute approximate surface area is 188 Å². The molecular weight excluding hydrogens is 426 g/mol. The number of hydrogen-bond acceptors (Lipinski definition) is 4. The van der Waals surface area contributed by atoms with Crippen LogP contribution in [0.1, 0.15) is 11.1 Å². The van der Waals surface area contributed by atoms with Gasteiger partial charge in [-0.3, -0.25) is 4.79 Å². The second-order valence-corrected chi connectivity index (χ2v) is 7.95. The summed E-state index contributed by atoms with van der Waals surface area (Å²) in [5.74, 6) is 0.108. The molecule has 4 aromatic rings. The molecule has 0 atom stereocenters. The minimum atomic E-state index is -0.377. The molecule has 8 heteroatoms. The van der Waals surface area contributed by atoms with Gasteiger partial charge in [-0.15, -0.1) is 5.10 Å². The normalized spacial score (nSPS) is 13.1. The third-order valence-corrected chi connectivity index (χ3v) is 5.72. The van der Waals surface area contributed by atoms with Crippen molar-refractivity contribution < 1.29 is 18.7 Å². The fourth-order valence-electron chi connectivity index (χ4n) is 3.97. The molecule has 1 aliphatic rings. The van der Waals surface area contributed by atoms with Crippen LogP contribution >= 0.6 is 0 Å². The van der Waals surface area contributed by atoms with Crippen molar-refractivity contribution in [3.8, 4) is 28.5 Å². The topological polar surface area (TPSA) is 71.2 Å². The number of amides is 1. The lowest BCUT2D eigenvalue weighted by Crippen LogP contribution is -2.38. The minimum Gasteiger partial charge on any atom is -0.508 e. The molecular formula is C25H20F2N4O2. The minimum absolute atomic E-state index is 0.0473. The highest BCUT2D eigenvalue weighted by molar-refractivity contribution is 5.77. The Kier molecular flexibility index (Phi) is 5.34. The first-order valence-electron chi connectivity index (χ1n) is 10.5. The molecule has 0 unspecified atom stereocenters. The third-order valence-electron chi connectivity index (χ3n) is 5.72. The van der Waals surface area contributed by atoms with Gasteiger partial charge in [0.2, 0.25) is 5.91 Å². The summed E-state index contributed by atoms with van der Waals surface area (Å²) in [5, 5.41) is 14.2. The van der Waals surface area contributed by atoms with Crippen LogP contribution in [0.5, 0.6) is 5.75 Å². The van der Waals surface area contributed by atoms with E-state index >= 15 is 0 Å². The number of benzene rings is 3. The number of aromatic hydroxyl groups is 1. The van der Waals surface area contributed by atoms with Crippen LogP contribution in [-0.4, -0.2) is 37.2 Å². The van der Waals surface area contributed by atoms with E-state index in [4.69, 9.17) is 0 Å². The van der Waals surface area contributed by atoms with Crippen molar-refractivity contribution in [3.63, 3.8) is 0 Å². The summed E-state index contributed by atoms with van der Waals surface area (Å²) >= 11 is 0. The summed E-state index contributed by atoms with van der Waals surface area (Å²) in [7, 11) is 0. The number of nitrogens with zero attached hydrogens (tertiary/aromatic N) is 4. The lowest BCUT2D eigenvalue weighted by atomic mass is 9.99. The molecule has 1 aromatic heterocycles. The van der Waals surface area contributed by atoms with Crippen molar-refractivity contribution in [1.29, 1.82) is 0 Å². The second kappa shape index (κ2) is 8.46. The van der Waals surface area contributed by atoms with Crippen molar-refractivity contribution in [2.24, 2.45) is 0 Å². The first-order chi connectivity index (χ1) is 16.0. The highest BCUT2D eigenvalue weighted by Crippen LogP contribution is 2.25. The predicted molar refractivity (Wildman–Crippen MR) is 118 cm³/mol. The molecule has 2 heterocycles. The number of halogens is 2. The van der Waals surface area contributed by atoms with Crippen LogP contribution in [0.15, 0.2) is 66.7 Å². The van der Waals surface area contributed by atoms with Crippen LogP contribution < -0.4 is 0 Å². The predicted octanol–water partition coefficient (Wildman–Crippen LogP) is 4.18. The van der Waals surface area contributed by atoms with Gasteiger partial charge in [-0.05, 0) is 78.2 Å². The highest BCUT2D eigenvalue weighted by atomic mass is 19.1. The number of aromatic nitrogens is 3. The Morgan fingerprint density at radius 3 is 2.27 bits per heavy atom. The van der Waals surface area contributed by atoms with Crippen LogP contribution in [0.2, 0.25) is 0 Å². The summed E-state index contributed by atoms with van der Waals surface area (Å²) in [4.78, 5) is 19.5. The molecule has 1 N–H and O–H groups in total. The molecule has 1 amide bonds. The summed E-state index contributed by atoms with van der Waals surface area (Å²) < 4.78 is 28.3. The molecule has 0 saturated heterocycles. The van der Waals surface area contributed by atoms with Gasteiger partial charge in [0.05, 0.1) is 0 Å². The first-order valence-corrected chi connectivity index (χ1v) is 10.5. The Bertz CT molecular complexity index is 1320. The number of fused-ring (bicyclic) bond motifs is 1. The molecule has 3 aromatic carbocycles. The smallest absolute Gasteiger partial charge is 0.244 e. The molecule has 1 aliphatic heterocycles. The van der Waals surface area contributed by atoms with Gasteiger partial charge in [-0.2, -0.15) is 0 Å². The Hall–Kier alpha value is -4.07. The number of phenols is 1. The first kappa shape index (κ1) is 20.8. The summed E-state index contributed by atoms with van der Waals surface area (Å²) in [6.45, 7) is 0.925. The number of hydrogen-bond donors (Lipinski definition) is 1. The SMILES string of the molecule is O=C(Cn1nc(-c2ccc(F)cc2)nc1-c1ccc(F)cc1)N1CCc2cc(O)ccc2C1. The van der Waals surface area contributed by atoms with Crippen LogP contribution in [-0.2, 0) is 24.3 Å². The van der Waals surface area contributed by atoms with Crippen LogP contribution in [0.3, 0.4) is 0 Å². The molecule has 0 fully saturated rings. The zero-order valence-corrected chi connectivity index (χ0v) is 17.6. The van der Waals surface area contributed by atoms with Gasteiger partial charge in [0, 0.05) is 24.2 Å². The standard InChI is InChI=1S/C25H20F2N4O2/c26-20-6-1-16(2-7-20)24-28-25(17-3-8-21(27)9-4-17)31(29-24)15-23(33)30-12-11-18-13-22(32)10-5-19(18)14-30/h1-10,13,32H,11-12,14-15H2. The van der Waals surface area contributed by atoms with Gasteiger partial charge in [0.15, 0.2) is 11.6 Å². The van der Waals surface area contributed by atoms with Gasteiger partial charge < -0.3 is 10.0 Å². The Balaban J connectivity index is 1.45.